The first kappa shape index (κ1) is 96.1. The molecule has 582 valence electrons. The van der Waals surface area contributed by atoms with Crippen LogP contribution in [-0.4, -0.2) is 110 Å². The SMILES string of the molecule is CCCCCCCN(CCCC)CCCCc1ccc(N)cc1.CCCCCCCN(CCCC)CCCCc1ccc(N)cc1.CCCCCCC[N+](CCCC)(CCCC)c1ccc([N+](=O)[O-])cc1.CCCCCCC[N+](CCCC)(CCCC)c1ccc([N+](=O)[O-])cc1.O=C([O-])C(=O)[O-]. The lowest BCUT2D eigenvalue weighted by molar-refractivity contribution is -0.385. The third-order valence-corrected chi connectivity index (χ3v) is 19.7. The van der Waals surface area contributed by atoms with E-state index in [4.69, 9.17) is 31.3 Å². The fraction of sp³-hybridized carbons (Fsp3) is 0.698. The number of hydrogen-bond acceptors (Lipinski definition) is 12. The van der Waals surface area contributed by atoms with Gasteiger partial charge in [0.1, 0.15) is 11.4 Å². The molecule has 4 aromatic rings. The van der Waals surface area contributed by atoms with Crippen molar-refractivity contribution < 1.29 is 29.6 Å². The van der Waals surface area contributed by atoms with Crippen molar-refractivity contribution in [2.45, 2.75) is 313 Å². The van der Waals surface area contributed by atoms with Gasteiger partial charge in [-0.3, -0.25) is 29.2 Å². The van der Waals surface area contributed by atoms with Crippen LogP contribution < -0.4 is 30.6 Å². The van der Waals surface area contributed by atoms with Crippen LogP contribution in [0.3, 0.4) is 0 Å². The second kappa shape index (κ2) is 64.6. The molecule has 4 N–H and O–H groups in total. The lowest BCUT2D eigenvalue weighted by Gasteiger charge is -2.38. The Morgan fingerprint density at radius 1 is 0.304 bits per heavy atom. The Hall–Kier alpha value is -5.94. The molecule has 0 amide bonds. The van der Waals surface area contributed by atoms with Gasteiger partial charge in [-0.25, -0.2) is 0 Å². The van der Waals surface area contributed by atoms with Crippen molar-refractivity contribution in [3.8, 4) is 0 Å². The number of non-ortho nitro benzene ring substituents is 2. The number of nitro groups is 2. The number of aliphatic carboxylic acids is 2. The number of benzene rings is 4. The van der Waals surface area contributed by atoms with Crippen molar-refractivity contribution >= 4 is 46.1 Å². The van der Waals surface area contributed by atoms with Crippen molar-refractivity contribution in [1.29, 1.82) is 0 Å². The van der Waals surface area contributed by atoms with Gasteiger partial charge in [-0.05, 0) is 190 Å². The molecule has 16 heteroatoms. The molecule has 0 aliphatic carbocycles. The maximum Gasteiger partial charge on any atom is 0.269 e. The van der Waals surface area contributed by atoms with E-state index < -0.39 is 11.9 Å². The minimum absolute atomic E-state index is 0.191. The van der Waals surface area contributed by atoms with E-state index in [2.05, 4.69) is 103 Å². The van der Waals surface area contributed by atoms with Gasteiger partial charge in [0.2, 0.25) is 0 Å². The molecule has 4 rings (SSSR count). The van der Waals surface area contributed by atoms with Crippen LogP contribution in [0, 0.1) is 20.2 Å². The van der Waals surface area contributed by atoms with Gasteiger partial charge in [0, 0.05) is 59.9 Å². The number of nitrogen functional groups attached to an aromatic ring is 2. The number of aryl methyl sites for hydroxylation is 2. The summed E-state index contributed by atoms with van der Waals surface area (Å²) in [6.07, 6.45) is 49.1. The predicted octanol–water partition coefficient (Wildman–Crippen LogP) is 20.8. The van der Waals surface area contributed by atoms with E-state index in [-0.39, 0.29) is 21.2 Å². The molecule has 0 aliphatic rings. The fourth-order valence-corrected chi connectivity index (χ4v) is 13.1. The average Bonchev–Trinajstić information content (AvgIpc) is 0.817. The molecule has 102 heavy (non-hydrogen) atoms. The highest BCUT2D eigenvalue weighted by atomic mass is 16.6. The van der Waals surface area contributed by atoms with Crippen molar-refractivity contribution in [1.82, 2.24) is 18.8 Å². The van der Waals surface area contributed by atoms with Gasteiger partial charge in [-0.1, -0.05) is 222 Å². The Kier molecular flexibility index (Phi) is 60.9. The number of rotatable bonds is 56. The lowest BCUT2D eigenvalue weighted by atomic mass is 10.1. The summed E-state index contributed by atoms with van der Waals surface area (Å²) in [5, 5.41) is 39.8. The molecule has 0 fully saturated rings. The summed E-state index contributed by atoms with van der Waals surface area (Å²) in [6.45, 7) is 37.2. The number of carbonyl (C=O) groups is 2. The highest BCUT2D eigenvalue weighted by molar-refractivity contribution is 6.25. The molecule has 0 saturated carbocycles. The first-order chi connectivity index (χ1) is 49.3. The fourth-order valence-electron chi connectivity index (χ4n) is 13.1. The second-order valence-corrected chi connectivity index (χ2v) is 28.6. The smallest absolute Gasteiger partial charge is 0.269 e. The molecular weight excluding hydrogens is 1270 g/mol. The molecule has 0 atom stereocenters. The van der Waals surface area contributed by atoms with Gasteiger partial charge in [0.05, 0.1) is 61.1 Å². The van der Waals surface area contributed by atoms with E-state index in [0.29, 0.717) is 0 Å². The summed E-state index contributed by atoms with van der Waals surface area (Å²) in [5.74, 6) is -4.37. The Morgan fingerprint density at radius 2 is 0.529 bits per heavy atom. The third-order valence-electron chi connectivity index (χ3n) is 19.7. The van der Waals surface area contributed by atoms with Gasteiger partial charge in [-0.2, -0.15) is 0 Å². The van der Waals surface area contributed by atoms with Crippen LogP contribution in [0.25, 0.3) is 0 Å². The summed E-state index contributed by atoms with van der Waals surface area (Å²) in [5.41, 5.74) is 18.9. The average molecular weight is 1420 g/mol. The molecule has 0 saturated heterocycles. The number of carboxylic acid groups (broad SMARTS) is 2. The minimum atomic E-state index is -2.19. The molecule has 0 radical (unpaired) electrons. The Morgan fingerprint density at radius 3 is 0.775 bits per heavy atom. The predicted molar refractivity (Wildman–Crippen MR) is 434 cm³/mol. The quantitative estimate of drug-likeness (QED) is 0.0105. The van der Waals surface area contributed by atoms with E-state index in [0.717, 1.165) is 59.6 Å². The number of nitro benzene ring substituents is 2. The molecule has 0 aromatic heterocycles. The number of nitrogens with two attached hydrogens (primary N) is 2. The van der Waals surface area contributed by atoms with Gasteiger partial charge in [0.15, 0.2) is 0 Å². The largest absolute Gasteiger partial charge is 0.543 e. The van der Waals surface area contributed by atoms with E-state index in [1.165, 1.54) is 306 Å². The Bertz CT molecular complexity index is 2410. The third kappa shape index (κ3) is 48.2. The first-order valence-corrected chi connectivity index (χ1v) is 41.1. The van der Waals surface area contributed by atoms with E-state index in [1.54, 1.807) is 24.3 Å². The van der Waals surface area contributed by atoms with Crippen molar-refractivity contribution in [2.24, 2.45) is 0 Å². The van der Waals surface area contributed by atoms with Crippen LogP contribution in [0.5, 0.6) is 0 Å². The Balaban J connectivity index is 0.00000130. The molecule has 0 aliphatic heterocycles. The number of hydrogen-bond donors (Lipinski definition) is 2. The first-order valence-electron chi connectivity index (χ1n) is 41.1. The Labute approximate surface area is 623 Å². The normalized spacial score (nSPS) is 11.2. The van der Waals surface area contributed by atoms with Crippen molar-refractivity contribution in [3.05, 3.63) is 128 Å². The van der Waals surface area contributed by atoms with Crippen LogP contribution >= 0.6 is 0 Å². The maximum absolute atomic E-state index is 11.0. The molecular formula is C86H150N8O8. The van der Waals surface area contributed by atoms with Crippen LogP contribution in [0.4, 0.5) is 34.1 Å². The number of carboxylic acids is 2. The van der Waals surface area contributed by atoms with Crippen molar-refractivity contribution in [3.63, 3.8) is 0 Å². The second-order valence-electron chi connectivity index (χ2n) is 28.6. The zero-order chi connectivity index (χ0) is 75.8. The van der Waals surface area contributed by atoms with Gasteiger partial charge in [-0.15, -0.1) is 0 Å². The molecule has 4 aromatic carbocycles. The number of quaternary nitrogens is 2. The van der Waals surface area contributed by atoms with Crippen LogP contribution in [0.15, 0.2) is 97.1 Å². The number of nitrogens with zero attached hydrogens (tertiary/aromatic N) is 6. The lowest BCUT2D eigenvalue weighted by Crippen LogP contribution is -2.51. The van der Waals surface area contributed by atoms with Crippen LogP contribution in [-0.2, 0) is 22.4 Å². The monoisotopic (exact) mass is 1420 g/mol. The summed E-state index contributed by atoms with van der Waals surface area (Å²) in [4.78, 5) is 44.6. The number of anilines is 2. The molecule has 0 unspecified atom stereocenters. The van der Waals surface area contributed by atoms with Gasteiger partial charge < -0.3 is 41.1 Å². The molecule has 16 nitrogen and oxygen atoms in total. The standard InChI is InChI=1S/2C21H37N2O2.2C21H38N2.C2H2O4/c2*1-4-7-10-11-12-19-23(17-8-5-2,18-9-6-3)21-15-13-20(14-16-21)22(24)25;2*1-3-5-7-8-10-18-23(17-6-4-2)19-11-9-12-20-13-15-21(22)16-14-20;3-1(4)2(5)6/h2*13-16H,4-12,17-19H2,1-3H3;2*13-16H,3-12,17-19,22H2,1-2H3;(H,3,4)(H,5,6)/q2*+1;;;/p-2. The minimum Gasteiger partial charge on any atom is -0.543 e. The van der Waals surface area contributed by atoms with E-state index in [9.17, 15) is 20.2 Å². The summed E-state index contributed by atoms with van der Waals surface area (Å²) in [6, 6.07) is 31.4. The topological polar surface area (TPSA) is 225 Å². The molecule has 0 heterocycles. The number of carbonyl (C=O) groups excluding carboxylic acids is 2. The molecule has 0 spiro atoms. The van der Waals surface area contributed by atoms with Gasteiger partial charge >= 0.3 is 0 Å². The molecule has 0 bridgehead atoms. The number of unbranched alkanes of at least 4 members (excludes halogenated alkanes) is 24. The summed E-state index contributed by atoms with van der Waals surface area (Å²) >= 11 is 0. The van der Waals surface area contributed by atoms with Crippen LogP contribution in [0.1, 0.15) is 312 Å². The zero-order valence-corrected chi connectivity index (χ0v) is 66.7. The summed E-state index contributed by atoms with van der Waals surface area (Å²) in [7, 11) is 0. The van der Waals surface area contributed by atoms with E-state index in [1.807, 2.05) is 48.5 Å². The highest BCUT2D eigenvalue weighted by Crippen LogP contribution is 2.31. The van der Waals surface area contributed by atoms with E-state index >= 15 is 0 Å². The zero-order valence-electron chi connectivity index (χ0n) is 66.7. The highest BCUT2D eigenvalue weighted by Gasteiger charge is 2.31. The van der Waals surface area contributed by atoms with Crippen LogP contribution in [0.2, 0.25) is 0 Å². The maximum atomic E-state index is 11.0. The van der Waals surface area contributed by atoms with Gasteiger partial charge in [0.25, 0.3) is 11.4 Å². The van der Waals surface area contributed by atoms with Crippen molar-refractivity contribution in [2.75, 3.05) is 90.0 Å². The summed E-state index contributed by atoms with van der Waals surface area (Å²) < 4.78 is 1.98.